The van der Waals surface area contributed by atoms with Gasteiger partial charge in [0, 0.05) is 11.8 Å². The van der Waals surface area contributed by atoms with Crippen molar-refractivity contribution in [1.29, 1.82) is 0 Å². The maximum Gasteiger partial charge on any atom is 0.166 e. The van der Waals surface area contributed by atoms with Gasteiger partial charge in [0.25, 0.3) is 0 Å². The first-order valence-corrected chi connectivity index (χ1v) is 5.32. The van der Waals surface area contributed by atoms with Gasteiger partial charge in [-0.2, -0.15) is 0 Å². The van der Waals surface area contributed by atoms with Gasteiger partial charge < -0.3 is 10.2 Å². The number of hydrogen-bond donors (Lipinski definition) is 2. The highest BCUT2D eigenvalue weighted by Gasteiger charge is 2.02. The Morgan fingerprint density at radius 1 is 0.941 bits per heavy atom. The van der Waals surface area contributed by atoms with Crippen LogP contribution in [0.15, 0.2) is 53.5 Å². The molecule has 0 heterocycles. The number of aliphatic imine (C=N–C) groups is 1. The molecule has 0 spiro atoms. The zero-order valence-electron chi connectivity index (χ0n) is 9.24. The second kappa shape index (κ2) is 5.16. The lowest BCUT2D eigenvalue weighted by Gasteiger charge is -2.00. The summed E-state index contributed by atoms with van der Waals surface area (Å²) in [6.07, 6.45) is 1.56. The molecule has 0 radical (unpaired) electrons. The van der Waals surface area contributed by atoms with Crippen molar-refractivity contribution in [2.75, 3.05) is 0 Å². The molecular formula is C14H13NO2. The third kappa shape index (κ3) is 2.84. The average molecular weight is 227 g/mol. The Labute approximate surface area is 99.7 Å². The van der Waals surface area contributed by atoms with E-state index in [-0.39, 0.29) is 11.5 Å². The molecule has 0 aliphatic heterocycles. The summed E-state index contributed by atoms with van der Waals surface area (Å²) in [7, 11) is 0. The molecule has 2 N–H and O–H groups in total. The van der Waals surface area contributed by atoms with Crippen LogP contribution in [0.2, 0.25) is 0 Å². The second-order valence-electron chi connectivity index (χ2n) is 3.67. The lowest BCUT2D eigenvalue weighted by atomic mass is 10.2. The Kier molecular flexibility index (Phi) is 3.40. The highest BCUT2D eigenvalue weighted by Crippen LogP contribution is 2.26. The summed E-state index contributed by atoms with van der Waals surface area (Å²) >= 11 is 0. The lowest BCUT2D eigenvalue weighted by Crippen LogP contribution is -1.85. The van der Waals surface area contributed by atoms with E-state index in [1.54, 1.807) is 18.3 Å². The highest BCUT2D eigenvalue weighted by atomic mass is 16.3. The molecule has 17 heavy (non-hydrogen) atoms. The molecule has 2 rings (SSSR count). The van der Waals surface area contributed by atoms with Gasteiger partial charge in [0.2, 0.25) is 0 Å². The first-order valence-electron chi connectivity index (χ1n) is 5.32. The van der Waals surface area contributed by atoms with Crippen molar-refractivity contribution < 1.29 is 10.2 Å². The SMILES string of the molecule is Oc1cccc(/C=N/Cc2ccccc2)c1O. The molecule has 0 aliphatic rings. The predicted molar refractivity (Wildman–Crippen MR) is 67.5 cm³/mol. The van der Waals surface area contributed by atoms with Gasteiger partial charge in [0.15, 0.2) is 11.5 Å². The molecule has 0 amide bonds. The third-order valence-electron chi connectivity index (χ3n) is 2.39. The molecule has 0 saturated heterocycles. The number of aromatic hydroxyl groups is 2. The van der Waals surface area contributed by atoms with E-state index < -0.39 is 0 Å². The zero-order valence-corrected chi connectivity index (χ0v) is 9.24. The van der Waals surface area contributed by atoms with Crippen molar-refractivity contribution >= 4 is 6.21 Å². The van der Waals surface area contributed by atoms with Crippen LogP contribution in [-0.2, 0) is 6.54 Å². The van der Waals surface area contributed by atoms with Crippen molar-refractivity contribution in [3.8, 4) is 11.5 Å². The van der Waals surface area contributed by atoms with Crippen LogP contribution in [0.4, 0.5) is 0 Å². The average Bonchev–Trinajstić information content (AvgIpc) is 2.36. The van der Waals surface area contributed by atoms with Crippen LogP contribution in [0.1, 0.15) is 11.1 Å². The van der Waals surface area contributed by atoms with Crippen LogP contribution in [0.25, 0.3) is 0 Å². The predicted octanol–water partition coefficient (Wildman–Crippen LogP) is 2.72. The smallest absolute Gasteiger partial charge is 0.166 e. The Morgan fingerprint density at radius 2 is 1.71 bits per heavy atom. The fraction of sp³-hybridized carbons (Fsp3) is 0.0714. The van der Waals surface area contributed by atoms with Gasteiger partial charge in [0.05, 0.1) is 6.54 Å². The number of benzene rings is 2. The van der Waals surface area contributed by atoms with Crippen LogP contribution in [0, 0.1) is 0 Å². The number of phenols is 2. The van der Waals surface area contributed by atoms with Crippen LogP contribution in [0.3, 0.4) is 0 Å². The molecule has 0 aliphatic carbocycles. The Bertz CT molecular complexity index is 521. The topological polar surface area (TPSA) is 52.8 Å². The van der Waals surface area contributed by atoms with Gasteiger partial charge in [-0.1, -0.05) is 36.4 Å². The van der Waals surface area contributed by atoms with Crippen molar-refractivity contribution in [1.82, 2.24) is 0 Å². The highest BCUT2D eigenvalue weighted by molar-refractivity contribution is 5.84. The number of para-hydroxylation sites is 1. The van der Waals surface area contributed by atoms with Gasteiger partial charge in [-0.15, -0.1) is 0 Å². The van der Waals surface area contributed by atoms with E-state index >= 15 is 0 Å². The summed E-state index contributed by atoms with van der Waals surface area (Å²) in [5.74, 6) is -0.266. The van der Waals surface area contributed by atoms with E-state index in [9.17, 15) is 10.2 Å². The van der Waals surface area contributed by atoms with Crippen LogP contribution < -0.4 is 0 Å². The van der Waals surface area contributed by atoms with E-state index in [0.29, 0.717) is 12.1 Å². The van der Waals surface area contributed by atoms with E-state index in [0.717, 1.165) is 5.56 Å². The largest absolute Gasteiger partial charge is 0.504 e. The molecule has 3 nitrogen and oxygen atoms in total. The lowest BCUT2D eigenvalue weighted by molar-refractivity contribution is 0.403. The summed E-state index contributed by atoms with van der Waals surface area (Å²) in [5, 5.41) is 18.9. The van der Waals surface area contributed by atoms with E-state index in [2.05, 4.69) is 4.99 Å². The van der Waals surface area contributed by atoms with E-state index in [4.69, 9.17) is 0 Å². The minimum Gasteiger partial charge on any atom is -0.504 e. The van der Waals surface area contributed by atoms with Crippen LogP contribution in [0.5, 0.6) is 11.5 Å². The van der Waals surface area contributed by atoms with Gasteiger partial charge in [-0.3, -0.25) is 4.99 Å². The maximum absolute atomic E-state index is 9.55. The maximum atomic E-state index is 9.55. The summed E-state index contributed by atoms with van der Waals surface area (Å²) in [5.41, 5.74) is 1.62. The number of hydrogen-bond acceptors (Lipinski definition) is 3. The minimum absolute atomic E-state index is 0.131. The van der Waals surface area contributed by atoms with Gasteiger partial charge >= 0.3 is 0 Å². The Hall–Kier alpha value is -2.29. The van der Waals surface area contributed by atoms with Crippen molar-refractivity contribution in [2.45, 2.75) is 6.54 Å². The standard InChI is InChI=1S/C14H13NO2/c16-13-8-4-7-12(14(13)17)10-15-9-11-5-2-1-3-6-11/h1-8,10,16-17H,9H2/b15-10+. The minimum atomic E-state index is -0.135. The van der Waals surface area contributed by atoms with Crippen molar-refractivity contribution in [3.05, 3.63) is 59.7 Å². The first kappa shape index (κ1) is 11.2. The quantitative estimate of drug-likeness (QED) is 0.625. The van der Waals surface area contributed by atoms with Crippen LogP contribution >= 0.6 is 0 Å². The van der Waals surface area contributed by atoms with Crippen molar-refractivity contribution in [2.24, 2.45) is 4.99 Å². The molecular weight excluding hydrogens is 214 g/mol. The molecule has 0 atom stereocenters. The first-order chi connectivity index (χ1) is 8.27. The van der Waals surface area contributed by atoms with Gasteiger partial charge in [0.1, 0.15) is 0 Å². The summed E-state index contributed by atoms with van der Waals surface area (Å²) in [4.78, 5) is 4.22. The molecule has 0 bridgehead atoms. The zero-order chi connectivity index (χ0) is 12.1. The number of nitrogens with zero attached hydrogens (tertiary/aromatic N) is 1. The number of phenolic OH excluding ortho intramolecular Hbond substituents is 2. The van der Waals surface area contributed by atoms with Gasteiger partial charge in [-0.25, -0.2) is 0 Å². The van der Waals surface area contributed by atoms with E-state index in [1.807, 2.05) is 30.3 Å². The molecule has 0 unspecified atom stereocenters. The molecule has 0 saturated carbocycles. The molecule has 0 aromatic heterocycles. The Balaban J connectivity index is 2.09. The third-order valence-corrected chi connectivity index (χ3v) is 2.39. The molecule has 2 aromatic rings. The normalized spacial score (nSPS) is 10.8. The fourth-order valence-corrected chi connectivity index (χ4v) is 1.49. The second-order valence-corrected chi connectivity index (χ2v) is 3.67. The fourth-order valence-electron chi connectivity index (χ4n) is 1.49. The van der Waals surface area contributed by atoms with Crippen LogP contribution in [-0.4, -0.2) is 16.4 Å². The molecule has 3 heteroatoms. The van der Waals surface area contributed by atoms with E-state index in [1.165, 1.54) is 6.07 Å². The Morgan fingerprint density at radius 3 is 2.47 bits per heavy atom. The molecule has 86 valence electrons. The number of rotatable bonds is 3. The summed E-state index contributed by atoms with van der Waals surface area (Å²) < 4.78 is 0. The van der Waals surface area contributed by atoms with Crippen molar-refractivity contribution in [3.63, 3.8) is 0 Å². The molecule has 2 aromatic carbocycles. The molecule has 0 fully saturated rings. The summed E-state index contributed by atoms with van der Waals surface area (Å²) in [6.45, 7) is 0.552. The summed E-state index contributed by atoms with van der Waals surface area (Å²) in [6, 6.07) is 14.6. The van der Waals surface area contributed by atoms with Gasteiger partial charge in [-0.05, 0) is 17.7 Å². The monoisotopic (exact) mass is 227 g/mol.